The zero-order valence-corrected chi connectivity index (χ0v) is 10.4. The van der Waals surface area contributed by atoms with Crippen LogP contribution in [-0.2, 0) is 13.1 Å². The molecule has 1 N–H and O–H groups in total. The first kappa shape index (κ1) is 11.3. The Morgan fingerprint density at radius 1 is 1.44 bits per heavy atom. The molecule has 0 saturated carbocycles. The summed E-state index contributed by atoms with van der Waals surface area (Å²) in [6, 6.07) is 0.490. The van der Waals surface area contributed by atoms with E-state index < -0.39 is 0 Å². The van der Waals surface area contributed by atoms with E-state index in [2.05, 4.69) is 39.9 Å². The van der Waals surface area contributed by atoms with E-state index in [0.717, 1.165) is 23.8 Å². The fourth-order valence-corrected chi connectivity index (χ4v) is 2.00. The zero-order chi connectivity index (χ0) is 11.4. The Hall–Kier alpha value is -1.20. The highest BCUT2D eigenvalue weighted by atomic mass is 32.1. The summed E-state index contributed by atoms with van der Waals surface area (Å²) in [7, 11) is 0. The lowest BCUT2D eigenvalue weighted by molar-refractivity contribution is 0.582. The van der Waals surface area contributed by atoms with E-state index in [1.165, 1.54) is 0 Å². The first-order chi connectivity index (χ1) is 7.74. The van der Waals surface area contributed by atoms with Crippen LogP contribution >= 0.6 is 11.3 Å². The smallest absolute Gasteiger partial charge is 0.112 e. The monoisotopic (exact) mass is 236 g/mol. The number of thiazole rings is 1. The molecule has 2 heterocycles. The summed E-state index contributed by atoms with van der Waals surface area (Å²) in [5.41, 5.74) is 1.07. The molecule has 0 aliphatic rings. The molecule has 0 aromatic carbocycles. The van der Waals surface area contributed by atoms with Crippen molar-refractivity contribution in [1.82, 2.24) is 19.9 Å². The lowest BCUT2D eigenvalue weighted by Gasteiger charge is -2.04. The van der Waals surface area contributed by atoms with Gasteiger partial charge in [-0.3, -0.25) is 0 Å². The largest absolute Gasteiger partial charge is 0.330 e. The van der Waals surface area contributed by atoms with Crippen LogP contribution in [0.1, 0.15) is 24.5 Å². The van der Waals surface area contributed by atoms with Crippen LogP contribution in [0.15, 0.2) is 24.1 Å². The Balaban J connectivity index is 1.92. The van der Waals surface area contributed by atoms with Gasteiger partial charge in [0, 0.05) is 30.4 Å². The van der Waals surface area contributed by atoms with E-state index in [-0.39, 0.29) is 0 Å². The van der Waals surface area contributed by atoms with Crippen LogP contribution in [0.2, 0.25) is 0 Å². The number of aromatic nitrogens is 3. The average molecular weight is 236 g/mol. The topological polar surface area (TPSA) is 42.7 Å². The van der Waals surface area contributed by atoms with Crippen LogP contribution in [-0.4, -0.2) is 20.6 Å². The van der Waals surface area contributed by atoms with Gasteiger partial charge in [-0.1, -0.05) is 13.8 Å². The summed E-state index contributed by atoms with van der Waals surface area (Å²) in [5, 5.41) is 6.45. The molecule has 0 saturated heterocycles. The summed E-state index contributed by atoms with van der Waals surface area (Å²) in [6.07, 6.45) is 5.76. The molecule has 2 aromatic rings. The van der Waals surface area contributed by atoms with Crippen molar-refractivity contribution >= 4 is 11.3 Å². The van der Waals surface area contributed by atoms with Crippen molar-refractivity contribution < 1.29 is 0 Å². The van der Waals surface area contributed by atoms with Gasteiger partial charge in [0.15, 0.2) is 0 Å². The molecular weight excluding hydrogens is 220 g/mol. The van der Waals surface area contributed by atoms with Gasteiger partial charge in [-0.25, -0.2) is 9.97 Å². The Kier molecular flexibility index (Phi) is 3.69. The summed E-state index contributed by atoms with van der Waals surface area (Å²) in [4.78, 5) is 8.60. The van der Waals surface area contributed by atoms with Crippen LogP contribution in [0.25, 0.3) is 0 Å². The van der Waals surface area contributed by atoms with Crippen molar-refractivity contribution in [1.29, 1.82) is 0 Å². The van der Waals surface area contributed by atoms with Crippen LogP contribution in [0.5, 0.6) is 0 Å². The number of rotatable bonds is 5. The maximum absolute atomic E-state index is 4.35. The van der Waals surface area contributed by atoms with Crippen molar-refractivity contribution in [2.24, 2.45) is 0 Å². The fourth-order valence-electron chi connectivity index (χ4n) is 1.38. The van der Waals surface area contributed by atoms with Gasteiger partial charge in [0.1, 0.15) is 5.01 Å². The van der Waals surface area contributed by atoms with E-state index in [4.69, 9.17) is 0 Å². The number of hydrogen-bond acceptors (Lipinski definition) is 4. The fraction of sp³-hybridized carbons (Fsp3) is 0.455. The second-order valence-corrected chi connectivity index (χ2v) is 4.98. The van der Waals surface area contributed by atoms with Gasteiger partial charge in [-0.2, -0.15) is 0 Å². The minimum atomic E-state index is 0.490. The van der Waals surface area contributed by atoms with Gasteiger partial charge in [0.25, 0.3) is 0 Å². The third-order valence-electron chi connectivity index (χ3n) is 2.18. The highest BCUT2D eigenvalue weighted by Gasteiger charge is 2.01. The van der Waals surface area contributed by atoms with Crippen molar-refractivity contribution in [3.8, 4) is 0 Å². The second-order valence-electron chi connectivity index (χ2n) is 4.00. The van der Waals surface area contributed by atoms with E-state index in [9.17, 15) is 0 Å². The van der Waals surface area contributed by atoms with E-state index >= 15 is 0 Å². The standard InChI is InChI=1S/C11H16N4S/c1-9(2)13-5-10-6-15(8-14-10)7-11-12-3-4-16-11/h3-4,6,8-9,13H,5,7H2,1-2H3. The Morgan fingerprint density at radius 2 is 2.31 bits per heavy atom. The molecule has 0 bridgehead atoms. The minimum absolute atomic E-state index is 0.490. The van der Waals surface area contributed by atoms with Crippen molar-refractivity contribution in [2.75, 3.05) is 0 Å². The van der Waals surface area contributed by atoms with Crippen LogP contribution in [0.3, 0.4) is 0 Å². The van der Waals surface area contributed by atoms with E-state index in [1.807, 2.05) is 17.9 Å². The zero-order valence-electron chi connectivity index (χ0n) is 9.55. The predicted octanol–water partition coefficient (Wildman–Crippen LogP) is 1.89. The molecule has 0 radical (unpaired) electrons. The minimum Gasteiger partial charge on any atom is -0.330 e. The first-order valence-corrected chi connectivity index (χ1v) is 6.24. The lowest BCUT2D eigenvalue weighted by Crippen LogP contribution is -2.21. The number of imidazole rings is 1. The van der Waals surface area contributed by atoms with Crippen molar-refractivity contribution in [3.63, 3.8) is 0 Å². The number of nitrogens with zero attached hydrogens (tertiary/aromatic N) is 3. The molecule has 2 rings (SSSR count). The van der Waals surface area contributed by atoms with Crippen LogP contribution in [0.4, 0.5) is 0 Å². The third-order valence-corrected chi connectivity index (χ3v) is 2.94. The molecular formula is C11H16N4S. The maximum atomic E-state index is 4.35. The molecule has 0 aliphatic carbocycles. The molecule has 0 spiro atoms. The predicted molar refractivity (Wildman–Crippen MR) is 65.4 cm³/mol. The van der Waals surface area contributed by atoms with E-state index in [1.54, 1.807) is 11.3 Å². The van der Waals surface area contributed by atoms with E-state index in [0.29, 0.717) is 6.04 Å². The molecule has 0 amide bonds. The molecule has 0 aliphatic heterocycles. The van der Waals surface area contributed by atoms with Crippen molar-refractivity contribution in [3.05, 3.63) is 34.8 Å². The van der Waals surface area contributed by atoms with Crippen LogP contribution < -0.4 is 5.32 Å². The highest BCUT2D eigenvalue weighted by Crippen LogP contribution is 2.07. The van der Waals surface area contributed by atoms with Crippen molar-refractivity contribution in [2.45, 2.75) is 33.0 Å². The molecule has 2 aromatic heterocycles. The summed E-state index contributed by atoms with van der Waals surface area (Å²) in [5.74, 6) is 0. The van der Waals surface area contributed by atoms with Gasteiger partial charge in [0.05, 0.1) is 18.6 Å². The molecule has 16 heavy (non-hydrogen) atoms. The number of hydrogen-bond donors (Lipinski definition) is 1. The molecule has 0 atom stereocenters. The van der Waals surface area contributed by atoms with Gasteiger partial charge >= 0.3 is 0 Å². The van der Waals surface area contributed by atoms with Gasteiger partial charge in [0.2, 0.25) is 0 Å². The normalized spacial score (nSPS) is 11.2. The molecule has 86 valence electrons. The average Bonchev–Trinajstić information content (AvgIpc) is 2.87. The molecule has 0 fully saturated rings. The highest BCUT2D eigenvalue weighted by molar-refractivity contribution is 7.09. The molecule has 5 heteroatoms. The second kappa shape index (κ2) is 5.23. The SMILES string of the molecule is CC(C)NCc1cn(Cc2nccs2)cn1. The quantitative estimate of drug-likeness (QED) is 0.862. The summed E-state index contributed by atoms with van der Waals surface area (Å²) < 4.78 is 2.07. The lowest BCUT2D eigenvalue weighted by atomic mass is 10.3. The van der Waals surface area contributed by atoms with Gasteiger partial charge in [-0.05, 0) is 0 Å². The first-order valence-electron chi connectivity index (χ1n) is 5.36. The third kappa shape index (κ3) is 3.15. The summed E-state index contributed by atoms with van der Waals surface area (Å²) in [6.45, 7) is 5.90. The van der Waals surface area contributed by atoms with Gasteiger partial charge < -0.3 is 9.88 Å². The Labute approximate surface area is 99.4 Å². The number of nitrogens with one attached hydrogen (secondary N) is 1. The molecule has 4 nitrogen and oxygen atoms in total. The van der Waals surface area contributed by atoms with Crippen LogP contribution in [0, 0.1) is 0 Å². The van der Waals surface area contributed by atoms with Gasteiger partial charge in [-0.15, -0.1) is 11.3 Å². The Morgan fingerprint density at radius 3 is 3.00 bits per heavy atom. The molecule has 0 unspecified atom stereocenters. The maximum Gasteiger partial charge on any atom is 0.112 e. The summed E-state index contributed by atoms with van der Waals surface area (Å²) >= 11 is 1.67. The Bertz CT molecular complexity index is 419.